The van der Waals surface area contributed by atoms with E-state index < -0.39 is 18.1 Å². The first-order valence-corrected chi connectivity index (χ1v) is 11.6. The number of nitrogens with zero attached hydrogens (tertiary/aromatic N) is 2. The molecule has 1 aromatic carbocycles. The molecule has 1 amide bonds. The van der Waals surface area contributed by atoms with Crippen LogP contribution in [0.4, 0.5) is 18.9 Å². The standard InChI is InChI=1S/C26H25F3N4O4/c1-36-14-4-11-31-21-6-3-2-5-17(21)7-8-19-15-18(9-12-30-19)23-16-20-22(10-13-32-24(20)34)33(23)37-25(35)26(27,28)29/h2-3,5-9,12,15-16,31H,4,10-11,13-14H2,1H3,(H,32,34)/b8-7+. The predicted molar refractivity (Wildman–Crippen MR) is 132 cm³/mol. The van der Waals surface area contributed by atoms with Gasteiger partial charge in [-0.2, -0.15) is 17.9 Å². The summed E-state index contributed by atoms with van der Waals surface area (Å²) in [6.45, 7) is 1.59. The van der Waals surface area contributed by atoms with Gasteiger partial charge in [0.25, 0.3) is 5.91 Å². The van der Waals surface area contributed by atoms with E-state index in [0.29, 0.717) is 17.9 Å². The van der Waals surface area contributed by atoms with Gasteiger partial charge in [-0.1, -0.05) is 24.3 Å². The van der Waals surface area contributed by atoms with Gasteiger partial charge >= 0.3 is 12.1 Å². The van der Waals surface area contributed by atoms with Crippen molar-refractivity contribution in [3.05, 3.63) is 71.2 Å². The Balaban J connectivity index is 1.64. The summed E-state index contributed by atoms with van der Waals surface area (Å²) in [5.41, 5.74) is 3.27. The molecule has 8 nitrogen and oxygen atoms in total. The molecule has 3 heterocycles. The molecule has 0 saturated carbocycles. The van der Waals surface area contributed by atoms with Crippen LogP contribution in [-0.4, -0.2) is 54.6 Å². The monoisotopic (exact) mass is 514 g/mol. The van der Waals surface area contributed by atoms with Gasteiger partial charge in [-0.3, -0.25) is 9.78 Å². The first kappa shape index (κ1) is 26.0. The summed E-state index contributed by atoms with van der Waals surface area (Å²) in [6, 6.07) is 12.3. The van der Waals surface area contributed by atoms with E-state index in [9.17, 15) is 22.8 Å². The number of carbonyl (C=O) groups is 2. The van der Waals surface area contributed by atoms with Gasteiger partial charge in [0.05, 0.1) is 22.6 Å². The molecule has 4 rings (SSSR count). The number of amides is 1. The van der Waals surface area contributed by atoms with Crippen molar-refractivity contribution in [3.8, 4) is 11.3 Å². The van der Waals surface area contributed by atoms with Gasteiger partial charge in [0, 0.05) is 50.7 Å². The van der Waals surface area contributed by atoms with E-state index in [0.717, 1.165) is 28.9 Å². The van der Waals surface area contributed by atoms with Crippen molar-refractivity contribution in [1.29, 1.82) is 0 Å². The average Bonchev–Trinajstić information content (AvgIpc) is 3.25. The summed E-state index contributed by atoms with van der Waals surface area (Å²) in [6.07, 6.45) is 0.984. The molecule has 0 aliphatic carbocycles. The molecule has 0 radical (unpaired) electrons. The topological polar surface area (TPSA) is 94.5 Å². The maximum atomic E-state index is 13.0. The normalized spacial score (nSPS) is 13.4. The minimum Gasteiger partial charge on any atom is -0.385 e. The number of nitrogens with one attached hydrogen (secondary N) is 2. The Morgan fingerprint density at radius 3 is 2.81 bits per heavy atom. The van der Waals surface area contributed by atoms with E-state index in [2.05, 4.69) is 15.6 Å². The smallest absolute Gasteiger partial charge is 0.385 e. The molecule has 0 spiro atoms. The molecule has 1 aliphatic heterocycles. The number of hydrogen-bond donors (Lipinski definition) is 2. The Labute approximate surface area is 211 Å². The van der Waals surface area contributed by atoms with Crippen molar-refractivity contribution in [2.24, 2.45) is 0 Å². The molecule has 194 valence electrons. The van der Waals surface area contributed by atoms with Crippen LogP contribution in [0.5, 0.6) is 0 Å². The quantitative estimate of drug-likeness (QED) is 0.420. The number of aromatic nitrogens is 2. The number of fused-ring (bicyclic) bond motifs is 1. The molecule has 0 unspecified atom stereocenters. The number of carbonyl (C=O) groups excluding carboxylic acids is 2. The molecule has 0 fully saturated rings. The predicted octanol–water partition coefficient (Wildman–Crippen LogP) is 3.97. The van der Waals surface area contributed by atoms with Gasteiger partial charge < -0.3 is 20.2 Å². The second kappa shape index (κ2) is 11.3. The van der Waals surface area contributed by atoms with Crippen molar-refractivity contribution in [2.45, 2.75) is 19.0 Å². The zero-order valence-electron chi connectivity index (χ0n) is 20.0. The van der Waals surface area contributed by atoms with Crippen molar-refractivity contribution in [3.63, 3.8) is 0 Å². The van der Waals surface area contributed by atoms with Gasteiger partial charge in [-0.15, -0.1) is 0 Å². The second-order valence-corrected chi connectivity index (χ2v) is 8.23. The van der Waals surface area contributed by atoms with Gasteiger partial charge in [0.15, 0.2) is 0 Å². The number of halogens is 3. The van der Waals surface area contributed by atoms with E-state index in [1.807, 2.05) is 30.3 Å². The highest BCUT2D eigenvalue weighted by atomic mass is 19.4. The fourth-order valence-corrected chi connectivity index (χ4v) is 3.91. The highest BCUT2D eigenvalue weighted by Crippen LogP contribution is 2.29. The lowest BCUT2D eigenvalue weighted by Gasteiger charge is -2.17. The first-order chi connectivity index (χ1) is 17.8. The first-order valence-electron chi connectivity index (χ1n) is 11.6. The van der Waals surface area contributed by atoms with Gasteiger partial charge in [-0.25, -0.2) is 4.79 Å². The number of alkyl halides is 3. The minimum absolute atomic E-state index is 0.136. The van der Waals surface area contributed by atoms with Crippen LogP contribution in [-0.2, 0) is 16.0 Å². The number of benzene rings is 1. The molecular formula is C26H25F3N4O4. The lowest BCUT2D eigenvalue weighted by atomic mass is 10.1. The molecule has 1 aliphatic rings. The Morgan fingerprint density at radius 2 is 2.03 bits per heavy atom. The number of ether oxygens (including phenoxy) is 1. The molecule has 11 heteroatoms. The molecule has 0 atom stereocenters. The van der Waals surface area contributed by atoms with Crippen LogP contribution < -0.4 is 15.5 Å². The highest BCUT2D eigenvalue weighted by molar-refractivity contribution is 5.98. The molecule has 0 saturated heterocycles. The van der Waals surface area contributed by atoms with Crippen LogP contribution in [0.15, 0.2) is 48.7 Å². The lowest BCUT2D eigenvalue weighted by Crippen LogP contribution is -2.37. The third-order valence-corrected chi connectivity index (χ3v) is 5.67. The molecule has 37 heavy (non-hydrogen) atoms. The van der Waals surface area contributed by atoms with Gasteiger partial charge in [-0.05, 0) is 42.3 Å². The van der Waals surface area contributed by atoms with Crippen LogP contribution in [0.2, 0.25) is 0 Å². The lowest BCUT2D eigenvalue weighted by molar-refractivity contribution is -0.199. The average molecular weight is 515 g/mol. The zero-order chi connectivity index (χ0) is 26.4. The summed E-state index contributed by atoms with van der Waals surface area (Å²) >= 11 is 0. The summed E-state index contributed by atoms with van der Waals surface area (Å²) in [5.74, 6) is -2.82. The molecule has 3 aromatic rings. The number of methoxy groups -OCH3 is 1. The van der Waals surface area contributed by atoms with Crippen LogP contribution in [0, 0.1) is 0 Å². The summed E-state index contributed by atoms with van der Waals surface area (Å²) in [4.78, 5) is 33.0. The number of hydrogen-bond acceptors (Lipinski definition) is 6. The SMILES string of the molecule is COCCCNc1ccccc1/C=C/c1cc(-c2cc3c(n2OC(=O)C(F)(F)F)CCNC3=O)ccn1. The second-order valence-electron chi connectivity index (χ2n) is 8.23. The van der Waals surface area contributed by atoms with Crippen LogP contribution >= 0.6 is 0 Å². The Kier molecular flexibility index (Phi) is 7.92. The number of pyridine rings is 1. The van der Waals surface area contributed by atoms with Gasteiger partial charge in [0.2, 0.25) is 0 Å². The van der Waals surface area contributed by atoms with E-state index in [-0.39, 0.29) is 29.9 Å². The number of anilines is 1. The Bertz CT molecular complexity index is 1320. The molecular weight excluding hydrogens is 489 g/mol. The van der Waals surface area contributed by atoms with Gasteiger partial charge in [0.1, 0.15) is 0 Å². The van der Waals surface area contributed by atoms with E-state index in [1.165, 1.54) is 12.3 Å². The Morgan fingerprint density at radius 1 is 1.22 bits per heavy atom. The van der Waals surface area contributed by atoms with Crippen molar-refractivity contribution < 1.29 is 32.3 Å². The molecule has 0 bridgehead atoms. The fourth-order valence-electron chi connectivity index (χ4n) is 3.91. The largest absolute Gasteiger partial charge is 0.493 e. The fraction of sp³-hybridized carbons (Fsp3) is 0.269. The number of para-hydroxylation sites is 1. The third-order valence-electron chi connectivity index (χ3n) is 5.67. The zero-order valence-corrected chi connectivity index (χ0v) is 20.0. The van der Waals surface area contributed by atoms with Crippen molar-refractivity contribution in [1.82, 2.24) is 15.0 Å². The maximum Gasteiger partial charge on any atom is 0.493 e. The molecule has 2 aromatic heterocycles. The molecule has 2 N–H and O–H groups in total. The Hall–Kier alpha value is -4.12. The maximum absolute atomic E-state index is 13.0. The number of rotatable bonds is 9. The van der Waals surface area contributed by atoms with Crippen LogP contribution in [0.3, 0.4) is 0 Å². The van der Waals surface area contributed by atoms with E-state index in [1.54, 1.807) is 25.3 Å². The third kappa shape index (κ3) is 6.18. The van der Waals surface area contributed by atoms with Crippen molar-refractivity contribution in [2.75, 3.05) is 32.1 Å². The van der Waals surface area contributed by atoms with Crippen molar-refractivity contribution >= 4 is 29.7 Å². The summed E-state index contributed by atoms with van der Waals surface area (Å²) in [5, 5.41) is 6.00. The summed E-state index contributed by atoms with van der Waals surface area (Å²) < 4.78 is 44.8. The van der Waals surface area contributed by atoms with E-state index >= 15 is 0 Å². The van der Waals surface area contributed by atoms with Crippen LogP contribution in [0.25, 0.3) is 23.4 Å². The van der Waals surface area contributed by atoms with E-state index in [4.69, 9.17) is 9.57 Å². The minimum atomic E-state index is -5.19. The summed E-state index contributed by atoms with van der Waals surface area (Å²) in [7, 11) is 1.65. The van der Waals surface area contributed by atoms with Crippen LogP contribution in [0.1, 0.15) is 33.7 Å². The highest BCUT2D eigenvalue weighted by Gasteiger charge is 2.43.